The molecule has 2 unspecified atom stereocenters. The van der Waals surface area contributed by atoms with E-state index in [-0.39, 0.29) is 16.8 Å². The number of nitrogens with one attached hydrogen (secondary N) is 1. The van der Waals surface area contributed by atoms with Crippen LogP contribution in [0.3, 0.4) is 0 Å². The van der Waals surface area contributed by atoms with E-state index in [9.17, 15) is 9.59 Å². The lowest BCUT2D eigenvalue weighted by molar-refractivity contribution is -0.141. The van der Waals surface area contributed by atoms with Crippen molar-refractivity contribution in [3.8, 4) is 0 Å². The minimum absolute atomic E-state index is 0.0110. The summed E-state index contributed by atoms with van der Waals surface area (Å²) in [4.78, 5) is 24.7. The monoisotopic (exact) mass is 274 g/mol. The van der Waals surface area contributed by atoms with Gasteiger partial charge in [-0.05, 0) is 11.8 Å². The van der Waals surface area contributed by atoms with Gasteiger partial charge in [0.25, 0.3) is 0 Å². The van der Waals surface area contributed by atoms with Crippen molar-refractivity contribution in [2.24, 2.45) is 5.41 Å². The highest BCUT2D eigenvalue weighted by atomic mass is 32.2. The molecular weight excluding hydrogens is 252 g/mol. The fourth-order valence-electron chi connectivity index (χ4n) is 1.77. The van der Waals surface area contributed by atoms with Gasteiger partial charge < -0.3 is 10.4 Å². The minimum Gasteiger partial charge on any atom is -0.480 e. The molecule has 2 amide bonds. The number of rotatable bonds is 3. The van der Waals surface area contributed by atoms with Gasteiger partial charge in [0.2, 0.25) is 0 Å². The molecule has 0 aromatic rings. The van der Waals surface area contributed by atoms with Crippen LogP contribution in [0.2, 0.25) is 0 Å². The SMILES string of the molecule is CCC1SCC(C(=O)O)N1C(=O)NCC(C)(C)C. The maximum Gasteiger partial charge on any atom is 0.327 e. The van der Waals surface area contributed by atoms with Crippen molar-refractivity contribution in [1.82, 2.24) is 10.2 Å². The highest BCUT2D eigenvalue weighted by Crippen LogP contribution is 2.31. The molecule has 1 aliphatic rings. The maximum atomic E-state index is 12.1. The van der Waals surface area contributed by atoms with Crippen molar-refractivity contribution in [1.29, 1.82) is 0 Å². The molecule has 2 N–H and O–H groups in total. The Labute approximate surface area is 112 Å². The molecule has 0 aromatic heterocycles. The van der Waals surface area contributed by atoms with Crippen molar-refractivity contribution in [3.63, 3.8) is 0 Å². The molecule has 1 saturated heterocycles. The first-order valence-corrected chi connectivity index (χ1v) is 7.21. The number of aliphatic carboxylic acids is 1. The van der Waals surface area contributed by atoms with Crippen LogP contribution >= 0.6 is 11.8 Å². The van der Waals surface area contributed by atoms with Crippen LogP contribution in [0.4, 0.5) is 4.79 Å². The van der Waals surface area contributed by atoms with Crippen LogP contribution in [0.1, 0.15) is 34.1 Å². The molecule has 104 valence electrons. The highest BCUT2D eigenvalue weighted by Gasteiger charge is 2.40. The first kappa shape index (κ1) is 15.1. The Morgan fingerprint density at radius 2 is 2.06 bits per heavy atom. The lowest BCUT2D eigenvalue weighted by Gasteiger charge is -2.28. The van der Waals surface area contributed by atoms with Crippen molar-refractivity contribution in [2.45, 2.75) is 45.5 Å². The topological polar surface area (TPSA) is 69.6 Å². The van der Waals surface area contributed by atoms with Crippen LogP contribution in [-0.4, -0.2) is 45.7 Å². The zero-order valence-corrected chi connectivity index (χ0v) is 12.2. The van der Waals surface area contributed by atoms with Gasteiger partial charge in [0.1, 0.15) is 6.04 Å². The number of hydrogen-bond acceptors (Lipinski definition) is 3. The summed E-state index contributed by atoms with van der Waals surface area (Å²) in [6, 6.07) is -0.978. The lowest BCUT2D eigenvalue weighted by atomic mass is 9.97. The number of nitrogens with zero attached hydrogens (tertiary/aromatic N) is 1. The van der Waals surface area contributed by atoms with Gasteiger partial charge in [0.05, 0.1) is 5.37 Å². The Hall–Kier alpha value is -0.910. The predicted molar refractivity (Wildman–Crippen MR) is 72.7 cm³/mol. The number of carboxylic acid groups (broad SMARTS) is 1. The quantitative estimate of drug-likeness (QED) is 0.825. The van der Waals surface area contributed by atoms with Gasteiger partial charge in [-0.25, -0.2) is 9.59 Å². The van der Waals surface area contributed by atoms with Crippen LogP contribution < -0.4 is 5.32 Å². The van der Waals surface area contributed by atoms with Crippen molar-refractivity contribution in [2.75, 3.05) is 12.3 Å². The second-order valence-electron chi connectivity index (χ2n) is 5.68. The number of carboxylic acids is 1. The minimum atomic E-state index is -0.927. The molecule has 6 heteroatoms. The Morgan fingerprint density at radius 3 is 2.50 bits per heavy atom. The van der Waals surface area contributed by atoms with E-state index in [1.807, 2.05) is 27.7 Å². The molecule has 0 aromatic carbocycles. The third-order valence-electron chi connectivity index (χ3n) is 2.73. The van der Waals surface area contributed by atoms with Crippen LogP contribution in [0.15, 0.2) is 0 Å². The van der Waals surface area contributed by atoms with Crippen molar-refractivity contribution < 1.29 is 14.7 Å². The van der Waals surface area contributed by atoms with Crippen LogP contribution in [0.25, 0.3) is 0 Å². The number of thioether (sulfide) groups is 1. The van der Waals surface area contributed by atoms with Crippen LogP contribution in [0, 0.1) is 5.41 Å². The first-order chi connectivity index (χ1) is 8.26. The van der Waals surface area contributed by atoms with E-state index in [2.05, 4.69) is 5.32 Å². The number of carbonyl (C=O) groups is 2. The van der Waals surface area contributed by atoms with Gasteiger partial charge in [-0.15, -0.1) is 11.8 Å². The third kappa shape index (κ3) is 3.80. The molecule has 0 aliphatic carbocycles. The number of urea groups is 1. The van der Waals surface area contributed by atoms with Crippen LogP contribution in [-0.2, 0) is 4.79 Å². The zero-order valence-electron chi connectivity index (χ0n) is 11.4. The van der Waals surface area contributed by atoms with E-state index in [1.54, 1.807) is 0 Å². The Bertz CT molecular complexity index is 328. The predicted octanol–water partition coefficient (Wildman–Crippen LogP) is 1.98. The Kier molecular flexibility index (Phi) is 4.90. The highest BCUT2D eigenvalue weighted by molar-refractivity contribution is 8.00. The summed E-state index contributed by atoms with van der Waals surface area (Å²) in [7, 11) is 0. The standard InChI is InChI=1S/C12H22N2O3S/c1-5-9-14(8(6-18-9)10(15)16)11(17)13-7-12(2,3)4/h8-9H,5-7H2,1-4H3,(H,13,17)(H,15,16). The van der Waals surface area contributed by atoms with E-state index in [0.29, 0.717) is 12.3 Å². The van der Waals surface area contributed by atoms with E-state index < -0.39 is 12.0 Å². The molecule has 1 aliphatic heterocycles. The lowest BCUT2D eigenvalue weighted by Crippen LogP contribution is -2.51. The van der Waals surface area contributed by atoms with E-state index in [4.69, 9.17) is 5.11 Å². The zero-order chi connectivity index (χ0) is 13.9. The fraction of sp³-hybridized carbons (Fsp3) is 0.833. The summed E-state index contributed by atoms with van der Waals surface area (Å²) >= 11 is 1.53. The summed E-state index contributed by atoms with van der Waals surface area (Å²) in [5.41, 5.74) is -0.0110. The van der Waals surface area contributed by atoms with Crippen molar-refractivity contribution in [3.05, 3.63) is 0 Å². The number of carbonyl (C=O) groups excluding carboxylic acids is 1. The molecular formula is C12H22N2O3S. The second kappa shape index (κ2) is 5.82. The van der Waals surface area contributed by atoms with E-state index in [1.165, 1.54) is 16.7 Å². The Balaban J connectivity index is 2.69. The van der Waals surface area contributed by atoms with Gasteiger partial charge in [-0.3, -0.25) is 4.90 Å². The van der Waals surface area contributed by atoms with Gasteiger partial charge in [-0.1, -0.05) is 27.7 Å². The molecule has 1 rings (SSSR count). The fourth-order valence-corrected chi connectivity index (χ4v) is 3.12. The molecule has 0 spiro atoms. The summed E-state index contributed by atoms with van der Waals surface area (Å²) in [5.74, 6) is -0.457. The summed E-state index contributed by atoms with van der Waals surface area (Å²) in [6.45, 7) is 8.58. The maximum absolute atomic E-state index is 12.1. The molecule has 5 nitrogen and oxygen atoms in total. The van der Waals surface area contributed by atoms with Gasteiger partial charge in [-0.2, -0.15) is 0 Å². The largest absolute Gasteiger partial charge is 0.480 e. The normalized spacial score (nSPS) is 24.1. The van der Waals surface area contributed by atoms with Crippen molar-refractivity contribution >= 4 is 23.8 Å². The average molecular weight is 274 g/mol. The molecule has 0 saturated carbocycles. The molecule has 1 heterocycles. The summed E-state index contributed by atoms with van der Waals surface area (Å²) in [6.07, 6.45) is 0.761. The molecule has 2 atom stereocenters. The van der Waals surface area contributed by atoms with E-state index >= 15 is 0 Å². The first-order valence-electron chi connectivity index (χ1n) is 6.17. The number of amides is 2. The van der Waals surface area contributed by atoms with Gasteiger partial charge >= 0.3 is 12.0 Å². The second-order valence-corrected chi connectivity index (χ2v) is 6.89. The van der Waals surface area contributed by atoms with E-state index in [0.717, 1.165) is 6.42 Å². The molecule has 0 bridgehead atoms. The Morgan fingerprint density at radius 1 is 1.44 bits per heavy atom. The van der Waals surface area contributed by atoms with Gasteiger partial charge in [0.15, 0.2) is 0 Å². The molecule has 1 fully saturated rings. The number of hydrogen-bond donors (Lipinski definition) is 2. The third-order valence-corrected chi connectivity index (χ3v) is 4.18. The summed E-state index contributed by atoms with van der Waals surface area (Å²) in [5, 5.41) is 11.9. The van der Waals surface area contributed by atoms with Crippen LogP contribution in [0.5, 0.6) is 0 Å². The summed E-state index contributed by atoms with van der Waals surface area (Å²) < 4.78 is 0. The van der Waals surface area contributed by atoms with Gasteiger partial charge in [0, 0.05) is 12.3 Å². The molecule has 18 heavy (non-hydrogen) atoms. The smallest absolute Gasteiger partial charge is 0.327 e. The molecule has 0 radical (unpaired) electrons. The average Bonchev–Trinajstić information content (AvgIpc) is 2.68.